The molecule has 37 heavy (non-hydrogen) atoms. The van der Waals surface area contributed by atoms with E-state index in [0.717, 1.165) is 68.6 Å². The van der Waals surface area contributed by atoms with Gasteiger partial charge in [-0.25, -0.2) is 0 Å². The molecule has 3 aliphatic rings. The molecule has 1 heterocycles. The van der Waals surface area contributed by atoms with Gasteiger partial charge in [0.2, 0.25) is 0 Å². The highest BCUT2D eigenvalue weighted by molar-refractivity contribution is 6.00. The Kier molecular flexibility index (Phi) is 6.84. The summed E-state index contributed by atoms with van der Waals surface area (Å²) >= 11 is 0. The van der Waals surface area contributed by atoms with Crippen molar-refractivity contribution in [1.82, 2.24) is 4.90 Å². The Morgan fingerprint density at radius 1 is 0.946 bits per heavy atom. The van der Waals surface area contributed by atoms with Crippen LogP contribution in [0.3, 0.4) is 0 Å². The van der Waals surface area contributed by atoms with Crippen LogP contribution in [0.1, 0.15) is 59.1 Å². The van der Waals surface area contributed by atoms with E-state index in [4.69, 9.17) is 4.74 Å². The number of fused-ring (bicyclic) bond motifs is 2. The number of likely N-dealkylation sites (tertiary alicyclic amines) is 1. The summed E-state index contributed by atoms with van der Waals surface area (Å²) in [6.45, 7) is 2.37. The topological polar surface area (TPSA) is 32.7 Å². The van der Waals surface area contributed by atoms with E-state index in [9.17, 15) is 9.50 Å². The first-order valence-electron chi connectivity index (χ1n) is 13.6. The number of hydrogen-bond donors (Lipinski definition) is 1. The molecule has 1 saturated heterocycles. The molecule has 0 radical (unpaired) electrons. The highest BCUT2D eigenvalue weighted by Gasteiger charge is 2.24. The Balaban J connectivity index is 1.34. The second-order valence-corrected chi connectivity index (χ2v) is 10.5. The molecule has 190 valence electrons. The van der Waals surface area contributed by atoms with Crippen molar-refractivity contribution >= 4 is 17.2 Å². The summed E-state index contributed by atoms with van der Waals surface area (Å²) in [5.41, 5.74) is 10.0. The zero-order valence-corrected chi connectivity index (χ0v) is 21.3. The number of phenolic OH excluding ortho intramolecular Hbond substituents is 1. The van der Waals surface area contributed by atoms with Gasteiger partial charge in [-0.2, -0.15) is 0 Å². The second kappa shape index (κ2) is 10.5. The minimum Gasteiger partial charge on any atom is -0.508 e. The van der Waals surface area contributed by atoms with Gasteiger partial charge in [0.1, 0.15) is 17.6 Å². The van der Waals surface area contributed by atoms with Crippen LogP contribution < -0.4 is 4.74 Å². The Bertz CT molecular complexity index is 1340. The fourth-order valence-corrected chi connectivity index (χ4v) is 6.09. The van der Waals surface area contributed by atoms with Gasteiger partial charge >= 0.3 is 0 Å². The highest BCUT2D eigenvalue weighted by atomic mass is 19.1. The van der Waals surface area contributed by atoms with Crippen LogP contribution in [0.5, 0.6) is 11.5 Å². The highest BCUT2D eigenvalue weighted by Crippen LogP contribution is 2.42. The van der Waals surface area contributed by atoms with Crippen molar-refractivity contribution < 1.29 is 14.2 Å². The molecule has 1 fully saturated rings. The fraction of sp³-hybridized carbons (Fsp3) is 0.333. The summed E-state index contributed by atoms with van der Waals surface area (Å²) in [6, 6.07) is 21.1. The maximum atomic E-state index is 12.5. The van der Waals surface area contributed by atoms with Crippen molar-refractivity contribution in [3.63, 3.8) is 0 Å². The number of rotatable bonds is 7. The third-order valence-corrected chi connectivity index (χ3v) is 7.95. The average Bonchev–Trinajstić information content (AvgIpc) is 3.53. The molecule has 4 heteroatoms. The van der Waals surface area contributed by atoms with Crippen LogP contribution in [-0.4, -0.2) is 42.4 Å². The van der Waals surface area contributed by atoms with Crippen molar-refractivity contribution in [2.24, 2.45) is 0 Å². The number of aromatic hydroxyl groups is 1. The van der Waals surface area contributed by atoms with Gasteiger partial charge in [0.15, 0.2) is 0 Å². The van der Waals surface area contributed by atoms with E-state index in [2.05, 4.69) is 65.6 Å². The van der Waals surface area contributed by atoms with Crippen LogP contribution in [0.2, 0.25) is 0 Å². The first-order valence-corrected chi connectivity index (χ1v) is 13.6. The molecule has 0 spiro atoms. The average molecular weight is 496 g/mol. The molecule has 6 rings (SSSR count). The molecule has 0 aromatic heterocycles. The molecule has 2 aliphatic carbocycles. The smallest absolute Gasteiger partial charge is 0.119 e. The maximum absolute atomic E-state index is 12.5. The van der Waals surface area contributed by atoms with Crippen LogP contribution in [0.15, 0.2) is 66.7 Å². The van der Waals surface area contributed by atoms with Crippen molar-refractivity contribution in [3.05, 3.63) is 100 Å². The lowest BCUT2D eigenvalue weighted by atomic mass is 9.87. The Morgan fingerprint density at radius 3 is 2.65 bits per heavy atom. The normalized spacial score (nSPS) is 19.1. The zero-order valence-electron chi connectivity index (χ0n) is 21.3. The van der Waals surface area contributed by atoms with Crippen LogP contribution in [-0.2, 0) is 12.8 Å². The van der Waals surface area contributed by atoms with Gasteiger partial charge in [-0.1, -0.05) is 42.5 Å². The third-order valence-electron chi connectivity index (χ3n) is 7.95. The Morgan fingerprint density at radius 2 is 1.78 bits per heavy atom. The van der Waals surface area contributed by atoms with E-state index in [1.54, 1.807) is 6.07 Å². The summed E-state index contributed by atoms with van der Waals surface area (Å²) < 4.78 is 18.8. The van der Waals surface area contributed by atoms with Crippen LogP contribution in [0.25, 0.3) is 17.2 Å². The van der Waals surface area contributed by atoms with Gasteiger partial charge in [-0.05, 0) is 113 Å². The standard InChI is InChI=1S/C33H34FNO2/c34-17-3-18-35-19-16-30(22-35)37-29-14-11-25(12-15-29)33-31(27-9-8-23-4-1-6-26(23)20-27)7-2-5-24-10-13-28(36)21-32(24)33/h1,6,8-15,20-21,30,36H,2-5,7,16-19,22H2/t30-/m0/s1. The lowest BCUT2D eigenvalue weighted by Gasteiger charge is -2.19. The van der Waals surface area contributed by atoms with Crippen molar-refractivity contribution in [2.75, 3.05) is 26.3 Å². The van der Waals surface area contributed by atoms with Gasteiger partial charge in [0.25, 0.3) is 0 Å². The monoisotopic (exact) mass is 495 g/mol. The zero-order chi connectivity index (χ0) is 25.2. The van der Waals surface area contributed by atoms with E-state index in [1.807, 2.05) is 6.07 Å². The first-order chi connectivity index (χ1) is 18.2. The summed E-state index contributed by atoms with van der Waals surface area (Å²) in [5.74, 6) is 1.17. The number of ether oxygens (including phenoxy) is 1. The molecule has 3 aromatic carbocycles. The van der Waals surface area contributed by atoms with Crippen LogP contribution >= 0.6 is 0 Å². The summed E-state index contributed by atoms with van der Waals surface area (Å²) in [6.07, 6.45) is 10.2. The van der Waals surface area contributed by atoms with E-state index < -0.39 is 0 Å². The molecule has 1 N–H and O–H groups in total. The first kappa shape index (κ1) is 24.0. The van der Waals surface area contributed by atoms with E-state index in [0.29, 0.717) is 12.2 Å². The number of aryl methyl sites for hydroxylation is 1. The largest absolute Gasteiger partial charge is 0.508 e. The number of nitrogens with zero attached hydrogens (tertiary/aromatic N) is 1. The van der Waals surface area contributed by atoms with Gasteiger partial charge in [-0.3, -0.25) is 9.29 Å². The van der Waals surface area contributed by atoms with Crippen molar-refractivity contribution in [1.29, 1.82) is 0 Å². The van der Waals surface area contributed by atoms with E-state index in [1.165, 1.54) is 33.4 Å². The molecule has 0 saturated carbocycles. The Hall–Kier alpha value is -3.37. The molecule has 3 nitrogen and oxygen atoms in total. The van der Waals surface area contributed by atoms with Gasteiger partial charge in [-0.15, -0.1) is 0 Å². The predicted molar refractivity (Wildman–Crippen MR) is 149 cm³/mol. The number of hydrogen-bond acceptors (Lipinski definition) is 3. The van der Waals surface area contributed by atoms with Crippen LogP contribution in [0.4, 0.5) is 4.39 Å². The number of alkyl halides is 1. The van der Waals surface area contributed by atoms with Crippen molar-refractivity contribution in [3.8, 4) is 11.5 Å². The van der Waals surface area contributed by atoms with E-state index >= 15 is 0 Å². The fourth-order valence-electron chi connectivity index (χ4n) is 6.09. The molecular weight excluding hydrogens is 461 g/mol. The third kappa shape index (κ3) is 5.08. The molecule has 1 atom stereocenters. The predicted octanol–water partition coefficient (Wildman–Crippen LogP) is 7.07. The Labute approximate surface area is 218 Å². The summed E-state index contributed by atoms with van der Waals surface area (Å²) in [5, 5.41) is 10.4. The maximum Gasteiger partial charge on any atom is 0.119 e. The lowest BCUT2D eigenvalue weighted by Crippen LogP contribution is -2.26. The van der Waals surface area contributed by atoms with Gasteiger partial charge in [0.05, 0.1) is 6.67 Å². The van der Waals surface area contributed by atoms with Crippen molar-refractivity contribution in [2.45, 2.75) is 44.6 Å². The number of phenols is 1. The minimum absolute atomic E-state index is 0.148. The van der Waals surface area contributed by atoms with Gasteiger partial charge in [0, 0.05) is 19.6 Å². The molecule has 0 unspecified atom stereocenters. The molecule has 3 aromatic rings. The molecule has 0 bridgehead atoms. The molecule has 1 aliphatic heterocycles. The number of allylic oxidation sites excluding steroid dienone is 2. The number of halogens is 1. The second-order valence-electron chi connectivity index (χ2n) is 10.5. The van der Waals surface area contributed by atoms with Crippen LogP contribution in [0, 0.1) is 0 Å². The van der Waals surface area contributed by atoms with Gasteiger partial charge < -0.3 is 9.84 Å². The number of benzene rings is 3. The SMILES string of the molecule is Oc1ccc2c(c1)C(c1ccc(O[C@H]3CCN(CCCF)C3)cc1)=C(c1ccc3c(c1)C=CC3)CCC2. The summed E-state index contributed by atoms with van der Waals surface area (Å²) in [4.78, 5) is 2.29. The quantitative estimate of drug-likeness (QED) is 0.381. The molecule has 0 amide bonds. The molecular formula is C33H34FNO2. The lowest BCUT2D eigenvalue weighted by molar-refractivity contribution is 0.198. The summed E-state index contributed by atoms with van der Waals surface area (Å²) in [7, 11) is 0. The minimum atomic E-state index is -0.260. The van der Waals surface area contributed by atoms with E-state index in [-0.39, 0.29) is 12.8 Å².